The number of aromatic amines is 1. The van der Waals surface area contributed by atoms with Crippen LogP contribution in [0.1, 0.15) is 40.9 Å². The molecule has 2 aromatic carbocycles. The van der Waals surface area contributed by atoms with Crippen LogP contribution < -0.4 is 16.0 Å². The minimum atomic E-state index is -0.0534. The van der Waals surface area contributed by atoms with Gasteiger partial charge in [0.05, 0.1) is 6.54 Å². The molecular weight excluding hydrogens is 374 g/mol. The Morgan fingerprint density at radius 3 is 2.67 bits per heavy atom. The van der Waals surface area contributed by atoms with Crippen molar-refractivity contribution in [2.24, 2.45) is 4.99 Å². The van der Waals surface area contributed by atoms with Crippen molar-refractivity contribution in [1.82, 2.24) is 20.9 Å². The zero-order chi connectivity index (χ0) is 21.3. The lowest BCUT2D eigenvalue weighted by molar-refractivity contribution is 0.0955. The fourth-order valence-corrected chi connectivity index (χ4v) is 3.41. The molecule has 0 unspecified atom stereocenters. The van der Waals surface area contributed by atoms with Gasteiger partial charge in [0, 0.05) is 42.3 Å². The molecule has 0 spiro atoms. The number of guanidine groups is 1. The van der Waals surface area contributed by atoms with Crippen LogP contribution in [0.25, 0.3) is 10.9 Å². The Kier molecular flexibility index (Phi) is 7.49. The fourth-order valence-electron chi connectivity index (χ4n) is 3.41. The van der Waals surface area contributed by atoms with Crippen LogP contribution in [-0.2, 0) is 13.0 Å². The van der Waals surface area contributed by atoms with Gasteiger partial charge in [-0.15, -0.1) is 0 Å². The molecule has 6 heteroatoms. The van der Waals surface area contributed by atoms with Crippen molar-refractivity contribution < 1.29 is 4.79 Å². The van der Waals surface area contributed by atoms with Crippen LogP contribution in [0.5, 0.6) is 0 Å². The Morgan fingerprint density at radius 2 is 1.87 bits per heavy atom. The molecule has 3 aromatic rings. The number of hydrogen-bond acceptors (Lipinski definition) is 2. The standard InChI is InChI=1S/C24H31N5O/c1-4-25-23(30)19-8-6-7-18(14-19)15-29-24(26-5-2)27-12-11-20-16-28-22-13-17(3)9-10-21(20)22/h6-10,13-14,16,28H,4-5,11-12,15H2,1-3H3,(H,25,30)(H2,26,27,29). The van der Waals surface area contributed by atoms with Crippen molar-refractivity contribution in [3.63, 3.8) is 0 Å². The van der Waals surface area contributed by atoms with Crippen molar-refractivity contribution in [2.75, 3.05) is 19.6 Å². The number of aromatic nitrogens is 1. The number of nitrogens with one attached hydrogen (secondary N) is 4. The summed E-state index contributed by atoms with van der Waals surface area (Å²) in [7, 11) is 0. The second-order valence-corrected chi connectivity index (χ2v) is 7.29. The third kappa shape index (κ3) is 5.63. The van der Waals surface area contributed by atoms with Gasteiger partial charge >= 0.3 is 0 Å². The number of carbonyl (C=O) groups is 1. The summed E-state index contributed by atoms with van der Waals surface area (Å²) in [5, 5.41) is 10.8. The van der Waals surface area contributed by atoms with Crippen LogP contribution in [0, 0.1) is 6.92 Å². The van der Waals surface area contributed by atoms with E-state index in [1.165, 1.54) is 22.0 Å². The molecule has 0 saturated heterocycles. The van der Waals surface area contributed by atoms with E-state index in [-0.39, 0.29) is 5.91 Å². The Morgan fingerprint density at radius 1 is 1.03 bits per heavy atom. The van der Waals surface area contributed by atoms with E-state index in [4.69, 9.17) is 0 Å². The van der Waals surface area contributed by atoms with Crippen molar-refractivity contribution in [1.29, 1.82) is 0 Å². The Bertz CT molecular complexity index is 1020. The molecule has 0 atom stereocenters. The fraction of sp³-hybridized carbons (Fsp3) is 0.333. The zero-order valence-electron chi connectivity index (χ0n) is 18.0. The highest BCUT2D eigenvalue weighted by atomic mass is 16.1. The lowest BCUT2D eigenvalue weighted by Crippen LogP contribution is -2.38. The van der Waals surface area contributed by atoms with Crippen molar-refractivity contribution in [3.8, 4) is 0 Å². The van der Waals surface area contributed by atoms with Gasteiger partial charge in [-0.25, -0.2) is 4.99 Å². The summed E-state index contributed by atoms with van der Waals surface area (Å²) in [6.07, 6.45) is 2.99. The number of amides is 1. The van der Waals surface area contributed by atoms with Crippen LogP contribution in [-0.4, -0.2) is 36.5 Å². The van der Waals surface area contributed by atoms with Gasteiger partial charge in [-0.1, -0.05) is 24.3 Å². The largest absolute Gasteiger partial charge is 0.361 e. The molecule has 158 valence electrons. The van der Waals surface area contributed by atoms with Gasteiger partial charge in [0.2, 0.25) is 0 Å². The van der Waals surface area contributed by atoms with Crippen molar-refractivity contribution >= 4 is 22.8 Å². The van der Waals surface area contributed by atoms with Gasteiger partial charge in [0.1, 0.15) is 0 Å². The van der Waals surface area contributed by atoms with E-state index in [9.17, 15) is 4.79 Å². The predicted octanol–water partition coefficient (Wildman–Crippen LogP) is 3.52. The molecule has 0 aliphatic rings. The topological polar surface area (TPSA) is 81.3 Å². The lowest BCUT2D eigenvalue weighted by atomic mass is 10.1. The average molecular weight is 406 g/mol. The molecule has 30 heavy (non-hydrogen) atoms. The summed E-state index contributed by atoms with van der Waals surface area (Å²) in [4.78, 5) is 20.1. The van der Waals surface area contributed by atoms with Gasteiger partial charge in [-0.05, 0) is 62.1 Å². The number of fused-ring (bicyclic) bond motifs is 1. The van der Waals surface area contributed by atoms with E-state index in [2.05, 4.69) is 64.2 Å². The highest BCUT2D eigenvalue weighted by molar-refractivity contribution is 5.94. The average Bonchev–Trinajstić information content (AvgIpc) is 3.14. The van der Waals surface area contributed by atoms with E-state index in [1.54, 1.807) is 0 Å². The number of H-pyrrole nitrogens is 1. The molecule has 0 saturated carbocycles. The van der Waals surface area contributed by atoms with E-state index in [0.717, 1.165) is 31.0 Å². The third-order valence-electron chi connectivity index (χ3n) is 4.90. The minimum Gasteiger partial charge on any atom is -0.361 e. The lowest BCUT2D eigenvalue weighted by Gasteiger charge is -2.11. The third-order valence-corrected chi connectivity index (χ3v) is 4.90. The number of rotatable bonds is 8. The predicted molar refractivity (Wildman–Crippen MR) is 124 cm³/mol. The molecule has 0 fully saturated rings. The first-order chi connectivity index (χ1) is 14.6. The van der Waals surface area contributed by atoms with Crippen LogP contribution >= 0.6 is 0 Å². The highest BCUT2D eigenvalue weighted by Gasteiger charge is 2.06. The quantitative estimate of drug-likeness (QED) is 0.342. The van der Waals surface area contributed by atoms with Gasteiger partial charge in [-0.2, -0.15) is 0 Å². The maximum absolute atomic E-state index is 12.0. The summed E-state index contributed by atoms with van der Waals surface area (Å²) >= 11 is 0. The smallest absolute Gasteiger partial charge is 0.251 e. The second kappa shape index (κ2) is 10.5. The monoisotopic (exact) mass is 405 g/mol. The van der Waals surface area contributed by atoms with E-state index in [0.29, 0.717) is 18.7 Å². The van der Waals surface area contributed by atoms with E-state index >= 15 is 0 Å². The number of aryl methyl sites for hydroxylation is 1. The zero-order valence-corrected chi connectivity index (χ0v) is 18.0. The molecule has 0 radical (unpaired) electrons. The maximum Gasteiger partial charge on any atom is 0.251 e. The van der Waals surface area contributed by atoms with Crippen molar-refractivity contribution in [3.05, 3.63) is 70.9 Å². The number of nitrogens with zero attached hydrogens (tertiary/aromatic N) is 1. The van der Waals surface area contributed by atoms with Crippen LogP contribution in [0.2, 0.25) is 0 Å². The van der Waals surface area contributed by atoms with Crippen LogP contribution in [0.3, 0.4) is 0 Å². The van der Waals surface area contributed by atoms with Gasteiger partial charge in [0.15, 0.2) is 5.96 Å². The minimum absolute atomic E-state index is 0.0534. The van der Waals surface area contributed by atoms with Crippen LogP contribution in [0.15, 0.2) is 53.7 Å². The number of carbonyl (C=O) groups excluding carboxylic acids is 1. The molecule has 1 amide bonds. The van der Waals surface area contributed by atoms with Gasteiger partial charge < -0.3 is 20.9 Å². The van der Waals surface area contributed by atoms with Crippen molar-refractivity contribution in [2.45, 2.75) is 33.7 Å². The Hall–Kier alpha value is -3.28. The molecule has 1 heterocycles. The summed E-state index contributed by atoms with van der Waals surface area (Å²) in [6, 6.07) is 14.1. The van der Waals surface area contributed by atoms with Crippen LogP contribution in [0.4, 0.5) is 0 Å². The van der Waals surface area contributed by atoms with Gasteiger partial charge in [0.25, 0.3) is 5.91 Å². The molecule has 4 N–H and O–H groups in total. The molecule has 1 aromatic heterocycles. The Balaban J connectivity index is 1.60. The van der Waals surface area contributed by atoms with E-state index < -0.39 is 0 Å². The molecule has 0 aliphatic heterocycles. The molecule has 3 rings (SSSR count). The van der Waals surface area contributed by atoms with Gasteiger partial charge in [-0.3, -0.25) is 4.79 Å². The number of benzene rings is 2. The first-order valence-corrected chi connectivity index (χ1v) is 10.6. The summed E-state index contributed by atoms with van der Waals surface area (Å²) < 4.78 is 0. The summed E-state index contributed by atoms with van der Waals surface area (Å²) in [5.74, 6) is 0.721. The summed E-state index contributed by atoms with van der Waals surface area (Å²) in [6.45, 7) is 8.77. The molecule has 6 nitrogen and oxygen atoms in total. The first kappa shape index (κ1) is 21.4. The highest BCUT2D eigenvalue weighted by Crippen LogP contribution is 2.19. The maximum atomic E-state index is 12.0. The first-order valence-electron chi connectivity index (χ1n) is 10.6. The normalized spacial score (nSPS) is 11.5. The SMILES string of the molecule is CCNC(=O)c1cccc(CN=C(NCC)NCCc2c[nH]c3cc(C)ccc23)c1. The number of aliphatic imine (C=N–C) groups is 1. The second-order valence-electron chi connectivity index (χ2n) is 7.29. The number of hydrogen-bond donors (Lipinski definition) is 4. The molecule has 0 bridgehead atoms. The van der Waals surface area contributed by atoms with E-state index in [1.807, 2.05) is 31.2 Å². The molecule has 0 aliphatic carbocycles. The Labute approximate surface area is 178 Å². The summed E-state index contributed by atoms with van der Waals surface area (Å²) in [5.41, 5.74) is 5.40. The molecular formula is C24H31N5O.